The molecule has 1 atom stereocenters. The number of hydrogen-bond donors (Lipinski definition) is 3. The maximum atomic E-state index is 11.1. The molecule has 0 aliphatic carbocycles. The molecule has 0 aliphatic heterocycles. The third-order valence-electron chi connectivity index (χ3n) is 1.32. The highest BCUT2D eigenvalue weighted by molar-refractivity contribution is 5.93. The summed E-state index contributed by atoms with van der Waals surface area (Å²) < 4.78 is 0. The van der Waals surface area contributed by atoms with Gasteiger partial charge in [-0.1, -0.05) is 0 Å². The topological polar surface area (TPSA) is 78.0 Å². The largest absolute Gasteiger partial charge is 0.392 e. The molecule has 3 N–H and O–H groups in total. The first-order valence-electron chi connectivity index (χ1n) is 3.65. The van der Waals surface area contributed by atoms with Crippen LogP contribution in [-0.2, 0) is 0 Å². The Kier molecular flexibility index (Phi) is 2.82. The van der Waals surface area contributed by atoms with Crippen LogP contribution in [-0.4, -0.2) is 33.9 Å². The van der Waals surface area contributed by atoms with Gasteiger partial charge in [-0.05, 0) is 6.92 Å². The lowest BCUT2D eigenvalue weighted by Gasteiger charge is -2.04. The molecule has 0 radical (unpaired) electrons. The fraction of sp³-hybridized carbons (Fsp3) is 0.429. The van der Waals surface area contributed by atoms with Crippen LogP contribution >= 0.6 is 0 Å². The summed E-state index contributed by atoms with van der Waals surface area (Å²) in [6, 6.07) is 0. The van der Waals surface area contributed by atoms with Crippen molar-refractivity contribution in [2.75, 3.05) is 6.54 Å². The third kappa shape index (κ3) is 2.35. The van der Waals surface area contributed by atoms with Gasteiger partial charge in [-0.25, -0.2) is 0 Å². The molecule has 66 valence electrons. The first-order valence-corrected chi connectivity index (χ1v) is 3.65. The van der Waals surface area contributed by atoms with E-state index in [1.165, 1.54) is 12.4 Å². The Morgan fingerprint density at radius 3 is 3.17 bits per heavy atom. The highest BCUT2D eigenvalue weighted by atomic mass is 16.3. The average molecular weight is 169 g/mol. The summed E-state index contributed by atoms with van der Waals surface area (Å²) in [5, 5.41) is 17.5. The fourth-order valence-corrected chi connectivity index (χ4v) is 0.718. The van der Waals surface area contributed by atoms with E-state index in [-0.39, 0.29) is 12.5 Å². The average Bonchev–Trinajstić information content (AvgIpc) is 2.51. The fourth-order valence-electron chi connectivity index (χ4n) is 0.718. The number of aliphatic hydroxyl groups is 1. The SMILES string of the molecule is CC(O)CNC(=O)c1cn[nH]c1. The summed E-state index contributed by atoms with van der Waals surface area (Å²) in [5.74, 6) is -0.232. The third-order valence-corrected chi connectivity index (χ3v) is 1.32. The molecule has 1 aromatic rings. The molecule has 0 fully saturated rings. The molecule has 1 rings (SSSR count). The van der Waals surface area contributed by atoms with Crippen LogP contribution in [0.4, 0.5) is 0 Å². The van der Waals surface area contributed by atoms with Crippen LogP contribution in [0.5, 0.6) is 0 Å². The van der Waals surface area contributed by atoms with Gasteiger partial charge in [-0.15, -0.1) is 0 Å². The second kappa shape index (κ2) is 3.87. The Balaban J connectivity index is 2.40. The molecular weight excluding hydrogens is 158 g/mol. The molecule has 1 unspecified atom stereocenters. The molecule has 0 aromatic carbocycles. The van der Waals surface area contributed by atoms with E-state index in [4.69, 9.17) is 5.11 Å². The molecular formula is C7H11N3O2. The Morgan fingerprint density at radius 2 is 2.67 bits per heavy atom. The van der Waals surface area contributed by atoms with Gasteiger partial charge in [0.15, 0.2) is 0 Å². The van der Waals surface area contributed by atoms with Crippen molar-refractivity contribution in [2.24, 2.45) is 0 Å². The lowest BCUT2D eigenvalue weighted by Crippen LogP contribution is -2.30. The number of nitrogens with one attached hydrogen (secondary N) is 2. The van der Waals surface area contributed by atoms with Gasteiger partial charge in [0.25, 0.3) is 5.91 Å². The minimum absolute atomic E-state index is 0.232. The Bertz CT molecular complexity index is 243. The summed E-state index contributed by atoms with van der Waals surface area (Å²) in [6.07, 6.45) is 2.40. The van der Waals surface area contributed by atoms with E-state index >= 15 is 0 Å². The van der Waals surface area contributed by atoms with E-state index in [1.807, 2.05) is 0 Å². The van der Waals surface area contributed by atoms with Crippen LogP contribution < -0.4 is 5.32 Å². The van der Waals surface area contributed by atoms with E-state index < -0.39 is 6.10 Å². The molecule has 1 heterocycles. The summed E-state index contributed by atoms with van der Waals surface area (Å²) in [6.45, 7) is 1.86. The number of rotatable bonds is 3. The normalized spacial score (nSPS) is 12.5. The number of aliphatic hydroxyl groups excluding tert-OH is 1. The highest BCUT2D eigenvalue weighted by Crippen LogP contribution is 1.92. The number of H-pyrrole nitrogens is 1. The predicted molar refractivity (Wildman–Crippen MR) is 42.6 cm³/mol. The monoisotopic (exact) mass is 169 g/mol. The van der Waals surface area contributed by atoms with Crippen LogP contribution in [0, 0.1) is 0 Å². The van der Waals surface area contributed by atoms with Crippen LogP contribution in [0.3, 0.4) is 0 Å². The summed E-state index contributed by atoms with van der Waals surface area (Å²) in [7, 11) is 0. The zero-order valence-electron chi connectivity index (χ0n) is 6.74. The van der Waals surface area contributed by atoms with Crippen LogP contribution in [0.1, 0.15) is 17.3 Å². The molecule has 5 heteroatoms. The summed E-state index contributed by atoms with van der Waals surface area (Å²) in [5.41, 5.74) is 0.468. The van der Waals surface area contributed by atoms with Crippen LogP contribution in [0.15, 0.2) is 12.4 Å². The van der Waals surface area contributed by atoms with Crippen molar-refractivity contribution in [3.05, 3.63) is 18.0 Å². The standard InChI is InChI=1S/C7H11N3O2/c1-5(11)2-8-7(12)6-3-9-10-4-6/h3-5,11H,2H2,1H3,(H,8,12)(H,9,10). The van der Waals surface area contributed by atoms with Gasteiger partial charge in [0.1, 0.15) is 0 Å². The smallest absolute Gasteiger partial charge is 0.254 e. The van der Waals surface area contributed by atoms with Crippen molar-refractivity contribution in [3.8, 4) is 0 Å². The first-order chi connectivity index (χ1) is 5.70. The van der Waals surface area contributed by atoms with Gasteiger partial charge in [0.2, 0.25) is 0 Å². The molecule has 0 bridgehead atoms. The highest BCUT2D eigenvalue weighted by Gasteiger charge is 2.05. The Labute approximate surface area is 69.8 Å². The molecule has 1 amide bonds. The zero-order chi connectivity index (χ0) is 8.97. The predicted octanol–water partition coefficient (Wildman–Crippen LogP) is -0.480. The van der Waals surface area contributed by atoms with Gasteiger partial charge in [0.05, 0.1) is 17.9 Å². The first kappa shape index (κ1) is 8.73. The number of aromatic nitrogens is 2. The Hall–Kier alpha value is -1.36. The van der Waals surface area contributed by atoms with E-state index in [0.29, 0.717) is 5.56 Å². The van der Waals surface area contributed by atoms with Gasteiger partial charge in [0, 0.05) is 12.7 Å². The lowest BCUT2D eigenvalue weighted by molar-refractivity contribution is 0.0924. The quantitative estimate of drug-likeness (QED) is 0.572. The van der Waals surface area contributed by atoms with E-state index in [9.17, 15) is 4.79 Å². The minimum Gasteiger partial charge on any atom is -0.392 e. The van der Waals surface area contributed by atoms with Crippen molar-refractivity contribution in [3.63, 3.8) is 0 Å². The molecule has 0 aliphatic rings. The number of carbonyl (C=O) groups excluding carboxylic acids is 1. The lowest BCUT2D eigenvalue weighted by atomic mass is 10.3. The van der Waals surface area contributed by atoms with Crippen molar-refractivity contribution < 1.29 is 9.90 Å². The van der Waals surface area contributed by atoms with Crippen LogP contribution in [0.2, 0.25) is 0 Å². The number of carbonyl (C=O) groups is 1. The van der Waals surface area contributed by atoms with Crippen molar-refractivity contribution in [1.29, 1.82) is 0 Å². The Morgan fingerprint density at radius 1 is 1.92 bits per heavy atom. The van der Waals surface area contributed by atoms with Crippen molar-refractivity contribution >= 4 is 5.91 Å². The van der Waals surface area contributed by atoms with E-state index in [1.54, 1.807) is 6.92 Å². The number of nitrogens with zero attached hydrogens (tertiary/aromatic N) is 1. The molecule has 5 nitrogen and oxygen atoms in total. The van der Waals surface area contributed by atoms with Gasteiger partial charge < -0.3 is 10.4 Å². The molecule has 0 spiro atoms. The summed E-state index contributed by atoms with van der Waals surface area (Å²) in [4.78, 5) is 11.1. The number of hydrogen-bond acceptors (Lipinski definition) is 3. The van der Waals surface area contributed by atoms with Crippen molar-refractivity contribution in [2.45, 2.75) is 13.0 Å². The van der Waals surface area contributed by atoms with Gasteiger partial charge in [-0.2, -0.15) is 5.10 Å². The maximum Gasteiger partial charge on any atom is 0.254 e. The van der Waals surface area contributed by atoms with Crippen molar-refractivity contribution in [1.82, 2.24) is 15.5 Å². The molecule has 1 aromatic heterocycles. The minimum atomic E-state index is -0.527. The number of aromatic amines is 1. The summed E-state index contributed by atoms with van der Waals surface area (Å²) >= 11 is 0. The second-order valence-corrected chi connectivity index (χ2v) is 2.55. The molecule has 0 saturated heterocycles. The van der Waals surface area contributed by atoms with Crippen LogP contribution in [0.25, 0.3) is 0 Å². The van der Waals surface area contributed by atoms with Gasteiger partial charge >= 0.3 is 0 Å². The molecule has 0 saturated carbocycles. The molecule has 12 heavy (non-hydrogen) atoms. The zero-order valence-corrected chi connectivity index (χ0v) is 6.74. The van der Waals surface area contributed by atoms with Gasteiger partial charge in [-0.3, -0.25) is 9.89 Å². The maximum absolute atomic E-state index is 11.1. The second-order valence-electron chi connectivity index (χ2n) is 2.55. The van der Waals surface area contributed by atoms with E-state index in [2.05, 4.69) is 15.5 Å². The number of amides is 1. The van der Waals surface area contributed by atoms with E-state index in [0.717, 1.165) is 0 Å².